The summed E-state index contributed by atoms with van der Waals surface area (Å²) in [5, 5.41) is 0. The second kappa shape index (κ2) is 8.89. The molecule has 2 aromatic rings. The lowest BCUT2D eigenvalue weighted by Crippen LogP contribution is -2.71. The Morgan fingerprint density at radius 1 is 1.02 bits per heavy atom. The van der Waals surface area contributed by atoms with E-state index in [4.69, 9.17) is 23.7 Å². The van der Waals surface area contributed by atoms with E-state index in [1.54, 1.807) is 12.1 Å². The minimum absolute atomic E-state index is 0.0452. The van der Waals surface area contributed by atoms with Gasteiger partial charge in [-0.3, -0.25) is 9.69 Å². The zero-order chi connectivity index (χ0) is 28.8. The molecule has 5 aliphatic heterocycles. The molecule has 6 bridgehead atoms. The monoisotopic (exact) mass is 560 g/mol. The Morgan fingerprint density at radius 3 is 2.37 bits per heavy atom. The van der Waals surface area contributed by atoms with Crippen LogP contribution in [0, 0.1) is 11.3 Å². The van der Waals surface area contributed by atoms with E-state index in [0.717, 1.165) is 24.2 Å². The summed E-state index contributed by atoms with van der Waals surface area (Å²) in [5.74, 6) is 0.180. The first kappa shape index (κ1) is 26.2. The van der Waals surface area contributed by atoms with E-state index in [2.05, 4.69) is 35.1 Å². The van der Waals surface area contributed by atoms with Crippen molar-refractivity contribution in [3.05, 3.63) is 59.2 Å². The van der Waals surface area contributed by atoms with E-state index in [1.165, 1.54) is 34.0 Å². The Hall–Kier alpha value is -3.72. The number of para-hydroxylation sites is 1. The molecule has 216 valence electrons. The van der Waals surface area contributed by atoms with Crippen LogP contribution in [0.25, 0.3) is 0 Å². The average Bonchev–Trinajstić information content (AvgIpc) is 3.40. The normalized spacial score (nSPS) is 36.1. The van der Waals surface area contributed by atoms with Gasteiger partial charge in [0.15, 0.2) is 11.5 Å². The number of hydrogen-bond acceptors (Lipinski definition) is 9. The summed E-state index contributed by atoms with van der Waals surface area (Å²) in [6.07, 6.45) is 2.92. The van der Waals surface area contributed by atoms with Gasteiger partial charge in [0.1, 0.15) is 11.5 Å². The summed E-state index contributed by atoms with van der Waals surface area (Å²) in [5.41, 5.74) is 2.14. The van der Waals surface area contributed by atoms with Crippen molar-refractivity contribution < 1.29 is 33.3 Å². The fourth-order valence-electron chi connectivity index (χ4n) is 9.51. The molecular formula is C32H36N2O7. The van der Waals surface area contributed by atoms with Crippen molar-refractivity contribution in [2.45, 2.75) is 49.4 Å². The van der Waals surface area contributed by atoms with E-state index in [9.17, 15) is 9.59 Å². The van der Waals surface area contributed by atoms with Gasteiger partial charge in [-0.2, -0.15) is 0 Å². The molecule has 1 spiro atoms. The van der Waals surface area contributed by atoms with Gasteiger partial charge >= 0.3 is 11.9 Å². The molecule has 5 fully saturated rings. The Bertz CT molecular complexity index is 1460. The highest BCUT2D eigenvalue weighted by atomic mass is 16.6. The highest BCUT2D eigenvalue weighted by Gasteiger charge is 2.84. The number of carbonyl (C=O) groups is 2. The smallest absolute Gasteiger partial charge is 0.338 e. The van der Waals surface area contributed by atoms with Crippen molar-refractivity contribution in [2.24, 2.45) is 11.3 Å². The summed E-state index contributed by atoms with van der Waals surface area (Å²) in [4.78, 5) is 33.3. The molecule has 4 saturated heterocycles. The number of ether oxygens (including phenoxy) is 5. The number of fused-ring (bicyclic) bond motifs is 2. The largest absolute Gasteiger partial charge is 0.493 e. The van der Waals surface area contributed by atoms with Crippen LogP contribution in [-0.2, 0) is 19.7 Å². The van der Waals surface area contributed by atoms with Crippen LogP contribution in [0.1, 0.15) is 35.7 Å². The summed E-state index contributed by atoms with van der Waals surface area (Å²) in [7, 11) is 8.13. The number of nitrogens with zero attached hydrogens (tertiary/aromatic N) is 2. The maximum absolute atomic E-state index is 14.2. The Morgan fingerprint density at radius 2 is 1.73 bits per heavy atom. The van der Waals surface area contributed by atoms with Gasteiger partial charge < -0.3 is 28.6 Å². The minimum Gasteiger partial charge on any atom is -0.493 e. The number of anilines is 1. The average molecular weight is 561 g/mol. The molecule has 0 amide bonds. The minimum atomic E-state index is -1.03. The van der Waals surface area contributed by atoms with Gasteiger partial charge in [0.2, 0.25) is 5.75 Å². The number of rotatable bonds is 6. The second-order valence-corrected chi connectivity index (χ2v) is 11.8. The first-order valence-corrected chi connectivity index (χ1v) is 14.2. The van der Waals surface area contributed by atoms with Crippen molar-refractivity contribution >= 4 is 17.6 Å². The molecule has 0 radical (unpaired) electrons. The maximum Gasteiger partial charge on any atom is 0.338 e. The first-order valence-electron chi connectivity index (χ1n) is 14.2. The van der Waals surface area contributed by atoms with Crippen molar-refractivity contribution in [1.29, 1.82) is 0 Å². The van der Waals surface area contributed by atoms with Crippen molar-refractivity contribution in [3.63, 3.8) is 0 Å². The van der Waals surface area contributed by atoms with Gasteiger partial charge in [0.05, 0.1) is 45.5 Å². The molecule has 1 saturated carbocycles. The zero-order valence-electron chi connectivity index (χ0n) is 24.3. The van der Waals surface area contributed by atoms with Crippen molar-refractivity contribution in [3.8, 4) is 17.2 Å². The zero-order valence-corrected chi connectivity index (χ0v) is 24.3. The second-order valence-electron chi connectivity index (χ2n) is 11.8. The molecule has 1 aliphatic carbocycles. The predicted molar refractivity (Wildman–Crippen MR) is 151 cm³/mol. The number of allylic oxidation sites excluding steroid dienone is 1. The molecule has 9 heteroatoms. The molecule has 8 rings (SSSR count). The first-order chi connectivity index (χ1) is 19.8. The molecule has 2 aromatic carbocycles. The Balaban J connectivity index is 1.44. The molecule has 9 nitrogen and oxygen atoms in total. The number of methoxy groups -OCH3 is 4. The number of benzene rings is 2. The molecule has 5 heterocycles. The Labute approximate surface area is 239 Å². The topological polar surface area (TPSA) is 86.8 Å². The molecule has 1 unspecified atom stereocenters. The SMILES string of the molecule is C/C=C1/CN2[C@H]3C[C@@]45c6ccccc6N(C)[C@@H]4[C@@H]2C[C@@H]1[C@]3(C(=O)OC)[C@H]5OC(=O)c1cc(OC)c(OC)c(OC)c1. The van der Waals surface area contributed by atoms with Crippen LogP contribution in [0.15, 0.2) is 48.0 Å². The number of esters is 2. The molecule has 41 heavy (non-hydrogen) atoms. The van der Waals surface area contributed by atoms with Crippen LogP contribution in [0.3, 0.4) is 0 Å². The van der Waals surface area contributed by atoms with E-state index in [1.807, 2.05) is 19.1 Å². The summed E-state index contributed by atoms with van der Waals surface area (Å²) < 4.78 is 28.9. The van der Waals surface area contributed by atoms with Crippen LogP contribution in [0.4, 0.5) is 5.69 Å². The summed E-state index contributed by atoms with van der Waals surface area (Å²) in [6, 6.07) is 11.7. The molecule has 8 atom stereocenters. The lowest BCUT2D eigenvalue weighted by Gasteiger charge is -2.61. The van der Waals surface area contributed by atoms with Gasteiger partial charge in [0.25, 0.3) is 0 Å². The van der Waals surface area contributed by atoms with E-state index >= 15 is 0 Å². The molecule has 0 aromatic heterocycles. The number of piperidine rings is 4. The van der Waals surface area contributed by atoms with Gasteiger partial charge in [-0.05, 0) is 43.5 Å². The third kappa shape index (κ3) is 2.95. The van der Waals surface area contributed by atoms with Gasteiger partial charge in [-0.15, -0.1) is 0 Å². The van der Waals surface area contributed by atoms with Gasteiger partial charge in [-0.1, -0.05) is 29.8 Å². The van der Waals surface area contributed by atoms with Gasteiger partial charge in [-0.25, -0.2) is 4.79 Å². The van der Waals surface area contributed by atoms with Crippen molar-refractivity contribution in [2.75, 3.05) is 46.9 Å². The molecule has 0 N–H and O–H groups in total. The lowest BCUT2D eigenvalue weighted by molar-refractivity contribution is -0.180. The molecule has 6 aliphatic rings. The quantitative estimate of drug-likeness (QED) is 0.389. The highest BCUT2D eigenvalue weighted by Crippen LogP contribution is 2.73. The fourth-order valence-corrected chi connectivity index (χ4v) is 9.51. The third-order valence-corrected chi connectivity index (χ3v) is 10.8. The third-order valence-electron chi connectivity index (χ3n) is 10.8. The summed E-state index contributed by atoms with van der Waals surface area (Å²) >= 11 is 0. The van der Waals surface area contributed by atoms with Crippen LogP contribution < -0.4 is 19.1 Å². The summed E-state index contributed by atoms with van der Waals surface area (Å²) in [6.45, 7) is 2.85. The van der Waals surface area contributed by atoms with E-state index in [0.29, 0.717) is 23.7 Å². The predicted octanol–water partition coefficient (Wildman–Crippen LogP) is 3.59. The number of hydrogen-bond donors (Lipinski definition) is 0. The number of carbonyl (C=O) groups excluding carboxylic acids is 2. The van der Waals surface area contributed by atoms with Crippen LogP contribution in [-0.4, -0.2) is 83.1 Å². The van der Waals surface area contributed by atoms with Crippen molar-refractivity contribution in [1.82, 2.24) is 4.90 Å². The highest BCUT2D eigenvalue weighted by molar-refractivity contribution is 5.93. The van der Waals surface area contributed by atoms with E-state index in [-0.39, 0.29) is 35.6 Å². The van der Waals surface area contributed by atoms with E-state index < -0.39 is 22.9 Å². The molecular weight excluding hydrogens is 524 g/mol. The van der Waals surface area contributed by atoms with Crippen LogP contribution in [0.2, 0.25) is 0 Å². The van der Waals surface area contributed by atoms with Crippen LogP contribution in [0.5, 0.6) is 17.2 Å². The number of likely N-dealkylation sites (N-methyl/N-ethyl adjacent to an activating group) is 1. The van der Waals surface area contributed by atoms with Crippen LogP contribution >= 0.6 is 0 Å². The van der Waals surface area contributed by atoms with Gasteiger partial charge in [0, 0.05) is 37.3 Å². The lowest BCUT2D eigenvalue weighted by atomic mass is 9.58. The Kier molecular flexibility index (Phi) is 5.68. The fraction of sp³-hybridized carbons (Fsp3) is 0.500. The maximum atomic E-state index is 14.2. The standard InChI is InChI=1S/C32H36N2O7/c1-7-17-16-34-22-14-20(17)32(30(36)40-6)25(34)15-31(19-10-8-9-11-21(19)33(2)27(22)31)29(32)41-28(35)18-12-23(37-3)26(39-5)24(13-18)38-4/h7-13,20,22,25,27,29H,14-16H2,1-6H3/b17-7-/t20-,22-,25-,27+,29-,31+,32+/m0/s1.